The van der Waals surface area contributed by atoms with Gasteiger partial charge < -0.3 is 9.84 Å². The first kappa shape index (κ1) is 12.4. The maximum absolute atomic E-state index is 11.2. The Kier molecular flexibility index (Phi) is 4.68. The molecule has 0 bridgehead atoms. The fraction of sp³-hybridized carbons (Fsp3) is 0.250. The molecule has 0 aromatic heterocycles. The van der Waals surface area contributed by atoms with Crippen molar-refractivity contribution in [3.05, 3.63) is 29.3 Å². The number of alkyl halides is 1. The summed E-state index contributed by atoms with van der Waals surface area (Å²) in [4.78, 5) is 11.2. The molecule has 4 heteroatoms. The number of phenolic OH excluding ortho intramolecular Hbond substituents is 1. The van der Waals surface area contributed by atoms with Crippen molar-refractivity contribution in [3.63, 3.8) is 0 Å². The summed E-state index contributed by atoms with van der Waals surface area (Å²) in [5.41, 5.74) is 0.753. The number of halogens is 1. The summed E-state index contributed by atoms with van der Waals surface area (Å²) in [6.07, 6.45) is 0.531. The number of hydrogen-bond donors (Lipinski definition) is 1. The average Bonchev–Trinajstić information content (AvgIpc) is 2.31. The van der Waals surface area contributed by atoms with Gasteiger partial charge in [0, 0.05) is 12.3 Å². The van der Waals surface area contributed by atoms with Crippen molar-refractivity contribution < 1.29 is 14.6 Å². The van der Waals surface area contributed by atoms with Crippen LogP contribution in [0.1, 0.15) is 22.3 Å². The number of benzene rings is 1. The van der Waals surface area contributed by atoms with E-state index in [0.29, 0.717) is 23.4 Å². The number of carbonyl (C=O) groups is 1. The molecule has 0 aliphatic rings. The molecular weight excluding hydrogens is 228 g/mol. The maximum atomic E-state index is 11.2. The minimum atomic E-state index is -0.458. The zero-order valence-electron chi connectivity index (χ0n) is 8.79. The van der Waals surface area contributed by atoms with Gasteiger partial charge >= 0.3 is 5.97 Å². The minimum Gasteiger partial charge on any atom is -0.507 e. The first-order valence-electron chi connectivity index (χ1n) is 4.65. The van der Waals surface area contributed by atoms with Gasteiger partial charge in [0.05, 0.1) is 18.2 Å². The molecule has 0 amide bonds. The van der Waals surface area contributed by atoms with E-state index in [0.717, 1.165) is 0 Å². The van der Waals surface area contributed by atoms with Crippen LogP contribution >= 0.6 is 11.6 Å². The van der Waals surface area contributed by atoms with Gasteiger partial charge in [-0.2, -0.15) is 0 Å². The molecule has 0 aliphatic heterocycles. The molecule has 0 aliphatic carbocycles. The number of methoxy groups -OCH3 is 1. The molecule has 1 aromatic rings. The molecule has 16 heavy (non-hydrogen) atoms. The third kappa shape index (κ3) is 3.18. The van der Waals surface area contributed by atoms with Crippen LogP contribution in [0.2, 0.25) is 0 Å². The molecule has 3 nitrogen and oxygen atoms in total. The van der Waals surface area contributed by atoms with Crippen molar-refractivity contribution in [2.75, 3.05) is 13.0 Å². The highest BCUT2D eigenvalue weighted by molar-refractivity contribution is 6.18. The largest absolute Gasteiger partial charge is 0.507 e. The minimum absolute atomic E-state index is 0.0368. The van der Waals surface area contributed by atoms with E-state index in [1.54, 1.807) is 0 Å². The highest BCUT2D eigenvalue weighted by atomic mass is 35.5. The molecule has 0 saturated carbocycles. The van der Waals surface area contributed by atoms with Crippen LogP contribution in [-0.2, 0) is 4.74 Å². The van der Waals surface area contributed by atoms with Crippen LogP contribution in [0.5, 0.6) is 5.75 Å². The Morgan fingerprint density at radius 3 is 2.94 bits per heavy atom. The fourth-order valence-corrected chi connectivity index (χ4v) is 1.18. The molecule has 0 fully saturated rings. The van der Waals surface area contributed by atoms with E-state index >= 15 is 0 Å². The summed E-state index contributed by atoms with van der Waals surface area (Å²) in [6.45, 7) is 0. The summed E-state index contributed by atoms with van der Waals surface area (Å²) >= 11 is 5.47. The van der Waals surface area contributed by atoms with Crippen LogP contribution in [0.15, 0.2) is 18.2 Å². The fourth-order valence-electron chi connectivity index (χ4n) is 1.09. The predicted molar refractivity (Wildman–Crippen MR) is 61.7 cm³/mol. The first-order chi connectivity index (χ1) is 7.69. The first-order valence-corrected chi connectivity index (χ1v) is 5.18. The number of carbonyl (C=O) groups excluding carboxylic acids is 1. The quantitative estimate of drug-likeness (QED) is 0.488. The second-order valence-corrected chi connectivity index (χ2v) is 3.34. The predicted octanol–water partition coefficient (Wildman–Crippen LogP) is 2.16. The lowest BCUT2D eigenvalue weighted by atomic mass is 10.1. The molecule has 1 rings (SSSR count). The highest BCUT2D eigenvalue weighted by Crippen LogP contribution is 2.17. The van der Waals surface area contributed by atoms with Crippen LogP contribution in [0.25, 0.3) is 0 Å². The molecule has 1 aromatic carbocycles. The van der Waals surface area contributed by atoms with Gasteiger partial charge in [-0.05, 0) is 18.2 Å². The molecule has 0 radical (unpaired) electrons. The highest BCUT2D eigenvalue weighted by Gasteiger charge is 2.07. The van der Waals surface area contributed by atoms with E-state index in [-0.39, 0.29) is 5.75 Å². The van der Waals surface area contributed by atoms with Crippen molar-refractivity contribution in [3.8, 4) is 17.6 Å². The smallest absolute Gasteiger partial charge is 0.337 e. The summed E-state index contributed by atoms with van der Waals surface area (Å²) in [5, 5.41) is 9.50. The van der Waals surface area contributed by atoms with E-state index in [9.17, 15) is 9.90 Å². The monoisotopic (exact) mass is 238 g/mol. The van der Waals surface area contributed by atoms with Gasteiger partial charge in [0.2, 0.25) is 0 Å². The zero-order chi connectivity index (χ0) is 12.0. The van der Waals surface area contributed by atoms with Crippen LogP contribution in [-0.4, -0.2) is 24.1 Å². The number of hydrogen-bond acceptors (Lipinski definition) is 3. The van der Waals surface area contributed by atoms with Crippen molar-refractivity contribution in [2.45, 2.75) is 6.42 Å². The Bertz CT molecular complexity index is 443. The van der Waals surface area contributed by atoms with E-state index in [1.165, 1.54) is 25.3 Å². The molecule has 0 unspecified atom stereocenters. The van der Waals surface area contributed by atoms with Crippen LogP contribution < -0.4 is 0 Å². The third-order valence-electron chi connectivity index (χ3n) is 1.86. The van der Waals surface area contributed by atoms with Gasteiger partial charge in [-0.3, -0.25) is 0 Å². The van der Waals surface area contributed by atoms with Crippen LogP contribution in [0, 0.1) is 11.8 Å². The van der Waals surface area contributed by atoms with Crippen molar-refractivity contribution in [2.24, 2.45) is 0 Å². The van der Waals surface area contributed by atoms with Gasteiger partial charge in [-0.1, -0.05) is 11.8 Å². The SMILES string of the molecule is COC(=O)c1ccc(O)c(C#CCCCl)c1. The average molecular weight is 239 g/mol. The van der Waals surface area contributed by atoms with Gasteiger partial charge in [-0.25, -0.2) is 4.79 Å². The van der Waals surface area contributed by atoms with E-state index < -0.39 is 5.97 Å². The van der Waals surface area contributed by atoms with Gasteiger partial charge in [0.25, 0.3) is 0 Å². The Balaban J connectivity index is 3.01. The Labute approximate surface area is 99.0 Å². The Hall–Kier alpha value is -1.66. The van der Waals surface area contributed by atoms with Crippen molar-refractivity contribution in [1.82, 2.24) is 0 Å². The normalized spacial score (nSPS) is 9.12. The Morgan fingerprint density at radius 1 is 1.56 bits per heavy atom. The number of ether oxygens (including phenoxy) is 1. The molecule has 0 atom stereocenters. The topological polar surface area (TPSA) is 46.5 Å². The number of rotatable bonds is 2. The maximum Gasteiger partial charge on any atom is 0.337 e. The molecular formula is C12H11ClO3. The molecule has 0 saturated heterocycles. The number of aromatic hydroxyl groups is 1. The molecule has 84 valence electrons. The lowest BCUT2D eigenvalue weighted by Gasteiger charge is -2.01. The van der Waals surface area contributed by atoms with E-state index in [2.05, 4.69) is 16.6 Å². The van der Waals surface area contributed by atoms with E-state index in [1.807, 2.05) is 0 Å². The van der Waals surface area contributed by atoms with Gasteiger partial charge in [0.1, 0.15) is 5.75 Å². The Morgan fingerprint density at radius 2 is 2.31 bits per heavy atom. The summed E-state index contributed by atoms with van der Waals surface area (Å²) in [6, 6.07) is 4.38. The van der Waals surface area contributed by atoms with E-state index in [4.69, 9.17) is 11.6 Å². The molecule has 0 spiro atoms. The summed E-state index contributed by atoms with van der Waals surface area (Å²) in [7, 11) is 1.30. The standard InChI is InChI=1S/C12H11ClO3/c1-16-12(15)10-5-6-11(14)9(8-10)4-2-3-7-13/h5-6,8,14H,3,7H2,1H3. The molecule has 0 heterocycles. The lowest BCUT2D eigenvalue weighted by molar-refractivity contribution is 0.0600. The number of phenols is 1. The lowest BCUT2D eigenvalue weighted by Crippen LogP contribution is -2.01. The molecule has 1 N–H and O–H groups in total. The van der Waals surface area contributed by atoms with Crippen LogP contribution in [0.3, 0.4) is 0 Å². The number of esters is 1. The van der Waals surface area contributed by atoms with Crippen LogP contribution in [0.4, 0.5) is 0 Å². The second-order valence-electron chi connectivity index (χ2n) is 2.96. The van der Waals surface area contributed by atoms with Gasteiger partial charge in [0.15, 0.2) is 0 Å². The summed E-state index contributed by atoms with van der Waals surface area (Å²) in [5.74, 6) is 5.54. The second kappa shape index (κ2) is 6.04. The van der Waals surface area contributed by atoms with Crippen molar-refractivity contribution in [1.29, 1.82) is 0 Å². The zero-order valence-corrected chi connectivity index (χ0v) is 9.54. The third-order valence-corrected chi connectivity index (χ3v) is 2.05. The van der Waals surface area contributed by atoms with Crippen molar-refractivity contribution >= 4 is 17.6 Å². The summed E-state index contributed by atoms with van der Waals surface area (Å²) < 4.78 is 4.57. The van der Waals surface area contributed by atoms with Gasteiger partial charge in [-0.15, -0.1) is 11.6 Å².